The van der Waals surface area contributed by atoms with Crippen molar-refractivity contribution in [1.82, 2.24) is 0 Å². The third kappa shape index (κ3) is 2.82. The van der Waals surface area contributed by atoms with E-state index in [0.717, 1.165) is 30.0 Å². The van der Waals surface area contributed by atoms with Gasteiger partial charge in [0.2, 0.25) is 0 Å². The van der Waals surface area contributed by atoms with E-state index >= 15 is 0 Å². The molecule has 1 aromatic rings. The largest absolute Gasteiger partial charge is 0.385 e. The lowest BCUT2D eigenvalue weighted by molar-refractivity contribution is 0.112. The molecule has 0 radical (unpaired) electrons. The Labute approximate surface area is 90.7 Å². The second-order valence-electron chi connectivity index (χ2n) is 4.27. The van der Waals surface area contributed by atoms with Crippen LogP contribution < -0.4 is 5.32 Å². The Hall–Kier alpha value is -1.31. The van der Waals surface area contributed by atoms with Crippen LogP contribution in [0.15, 0.2) is 24.3 Å². The van der Waals surface area contributed by atoms with Gasteiger partial charge in [0, 0.05) is 17.8 Å². The number of hydrogen-bond donors (Lipinski definition) is 1. The van der Waals surface area contributed by atoms with Gasteiger partial charge in [-0.3, -0.25) is 4.79 Å². The van der Waals surface area contributed by atoms with Crippen molar-refractivity contribution >= 4 is 12.0 Å². The zero-order valence-electron chi connectivity index (χ0n) is 8.91. The van der Waals surface area contributed by atoms with E-state index in [1.165, 1.54) is 25.7 Å². The fraction of sp³-hybridized carbons (Fsp3) is 0.462. The first-order valence-electron chi connectivity index (χ1n) is 5.67. The van der Waals surface area contributed by atoms with Crippen LogP contribution in [0.3, 0.4) is 0 Å². The summed E-state index contributed by atoms with van der Waals surface area (Å²) in [6, 6.07) is 7.64. The maximum atomic E-state index is 10.5. The molecule has 2 rings (SSSR count). The summed E-state index contributed by atoms with van der Waals surface area (Å²) in [5.41, 5.74) is 1.86. The van der Waals surface area contributed by atoms with Crippen LogP contribution in [0.5, 0.6) is 0 Å². The standard InChI is InChI=1S/C13H17NO/c15-10-12-5-7-13(8-6-12)14-9-11-3-1-2-4-11/h5-8,10-11,14H,1-4,9H2. The first-order valence-corrected chi connectivity index (χ1v) is 5.67. The fourth-order valence-electron chi connectivity index (χ4n) is 2.16. The average molecular weight is 203 g/mol. The molecule has 2 nitrogen and oxygen atoms in total. The number of nitrogens with one attached hydrogen (secondary N) is 1. The Morgan fingerprint density at radius 2 is 1.87 bits per heavy atom. The van der Waals surface area contributed by atoms with Crippen molar-refractivity contribution in [2.75, 3.05) is 11.9 Å². The summed E-state index contributed by atoms with van der Waals surface area (Å²) in [4.78, 5) is 10.5. The molecule has 1 N–H and O–H groups in total. The molecule has 1 aliphatic rings. The highest BCUT2D eigenvalue weighted by molar-refractivity contribution is 5.75. The number of anilines is 1. The molecular weight excluding hydrogens is 186 g/mol. The van der Waals surface area contributed by atoms with Gasteiger partial charge in [0.05, 0.1) is 0 Å². The van der Waals surface area contributed by atoms with Gasteiger partial charge in [-0.1, -0.05) is 12.8 Å². The van der Waals surface area contributed by atoms with Crippen LogP contribution in [0.1, 0.15) is 36.0 Å². The predicted octanol–water partition coefficient (Wildman–Crippen LogP) is 3.10. The average Bonchev–Trinajstić information content (AvgIpc) is 2.80. The molecule has 0 spiro atoms. The van der Waals surface area contributed by atoms with Crippen LogP contribution in [0.2, 0.25) is 0 Å². The van der Waals surface area contributed by atoms with Crippen LogP contribution in [-0.2, 0) is 0 Å². The second-order valence-corrected chi connectivity index (χ2v) is 4.27. The molecule has 1 aromatic carbocycles. The lowest BCUT2D eigenvalue weighted by Gasteiger charge is -2.11. The highest BCUT2D eigenvalue weighted by Gasteiger charge is 2.13. The summed E-state index contributed by atoms with van der Waals surface area (Å²) in [6.07, 6.45) is 6.37. The van der Waals surface area contributed by atoms with E-state index in [1.54, 1.807) is 0 Å². The predicted molar refractivity (Wildman–Crippen MR) is 62.3 cm³/mol. The summed E-state index contributed by atoms with van der Waals surface area (Å²) in [5, 5.41) is 3.42. The fourth-order valence-corrected chi connectivity index (χ4v) is 2.16. The van der Waals surface area contributed by atoms with E-state index in [2.05, 4.69) is 5.32 Å². The van der Waals surface area contributed by atoms with Gasteiger partial charge in [-0.05, 0) is 43.0 Å². The zero-order chi connectivity index (χ0) is 10.5. The second kappa shape index (κ2) is 4.96. The Kier molecular flexibility index (Phi) is 3.38. The molecule has 0 saturated heterocycles. The van der Waals surface area contributed by atoms with Gasteiger partial charge >= 0.3 is 0 Å². The minimum absolute atomic E-state index is 0.737. The summed E-state index contributed by atoms with van der Waals surface area (Å²) in [5.74, 6) is 0.843. The maximum Gasteiger partial charge on any atom is 0.150 e. The lowest BCUT2D eigenvalue weighted by atomic mass is 10.1. The first-order chi connectivity index (χ1) is 7.38. The highest BCUT2D eigenvalue weighted by atomic mass is 16.1. The van der Waals surface area contributed by atoms with Crippen LogP contribution in [0, 0.1) is 5.92 Å². The molecule has 0 atom stereocenters. The molecule has 0 heterocycles. The zero-order valence-corrected chi connectivity index (χ0v) is 8.91. The lowest BCUT2D eigenvalue weighted by Crippen LogP contribution is -2.10. The van der Waals surface area contributed by atoms with Crippen molar-refractivity contribution in [2.24, 2.45) is 5.92 Å². The topological polar surface area (TPSA) is 29.1 Å². The molecule has 0 unspecified atom stereocenters. The van der Waals surface area contributed by atoms with Crippen molar-refractivity contribution < 1.29 is 4.79 Å². The highest BCUT2D eigenvalue weighted by Crippen LogP contribution is 2.24. The normalized spacial score (nSPS) is 16.5. The summed E-state index contributed by atoms with van der Waals surface area (Å²) in [7, 11) is 0. The molecule has 0 aliphatic heterocycles. The number of benzene rings is 1. The summed E-state index contributed by atoms with van der Waals surface area (Å²) in [6.45, 7) is 1.07. The van der Waals surface area contributed by atoms with E-state index in [9.17, 15) is 4.79 Å². The van der Waals surface area contributed by atoms with Gasteiger partial charge < -0.3 is 5.32 Å². The molecule has 0 amide bonds. The van der Waals surface area contributed by atoms with E-state index < -0.39 is 0 Å². The summed E-state index contributed by atoms with van der Waals surface area (Å²) >= 11 is 0. The van der Waals surface area contributed by atoms with Gasteiger partial charge in [0.25, 0.3) is 0 Å². The minimum atomic E-state index is 0.737. The molecule has 1 fully saturated rings. The molecular formula is C13H17NO. The van der Waals surface area contributed by atoms with Crippen molar-refractivity contribution in [1.29, 1.82) is 0 Å². The maximum absolute atomic E-state index is 10.5. The Bertz CT molecular complexity index is 312. The quantitative estimate of drug-likeness (QED) is 0.762. The third-order valence-corrected chi connectivity index (χ3v) is 3.12. The molecule has 80 valence electrons. The van der Waals surface area contributed by atoms with Gasteiger partial charge in [-0.25, -0.2) is 0 Å². The Morgan fingerprint density at radius 3 is 2.47 bits per heavy atom. The number of aldehydes is 1. The Morgan fingerprint density at radius 1 is 1.20 bits per heavy atom. The van der Waals surface area contributed by atoms with Crippen LogP contribution in [0.25, 0.3) is 0 Å². The SMILES string of the molecule is O=Cc1ccc(NCC2CCCC2)cc1. The molecule has 2 heteroatoms. The molecule has 0 bridgehead atoms. The Balaban J connectivity index is 1.84. The summed E-state index contributed by atoms with van der Waals surface area (Å²) < 4.78 is 0. The molecule has 0 aromatic heterocycles. The van der Waals surface area contributed by atoms with Crippen LogP contribution in [0.4, 0.5) is 5.69 Å². The molecule has 1 saturated carbocycles. The van der Waals surface area contributed by atoms with Crippen molar-refractivity contribution in [3.63, 3.8) is 0 Å². The van der Waals surface area contributed by atoms with Gasteiger partial charge in [-0.15, -0.1) is 0 Å². The van der Waals surface area contributed by atoms with E-state index in [1.807, 2.05) is 24.3 Å². The van der Waals surface area contributed by atoms with E-state index in [0.29, 0.717) is 0 Å². The van der Waals surface area contributed by atoms with Crippen LogP contribution >= 0.6 is 0 Å². The minimum Gasteiger partial charge on any atom is -0.385 e. The van der Waals surface area contributed by atoms with Gasteiger partial charge in [-0.2, -0.15) is 0 Å². The smallest absolute Gasteiger partial charge is 0.150 e. The third-order valence-electron chi connectivity index (χ3n) is 3.12. The van der Waals surface area contributed by atoms with Crippen LogP contribution in [-0.4, -0.2) is 12.8 Å². The molecule has 15 heavy (non-hydrogen) atoms. The number of carbonyl (C=O) groups excluding carboxylic acids is 1. The number of hydrogen-bond acceptors (Lipinski definition) is 2. The van der Waals surface area contributed by atoms with E-state index in [-0.39, 0.29) is 0 Å². The first kappa shape index (κ1) is 10.2. The van der Waals surface area contributed by atoms with Crippen molar-refractivity contribution in [2.45, 2.75) is 25.7 Å². The van der Waals surface area contributed by atoms with Crippen molar-refractivity contribution in [3.05, 3.63) is 29.8 Å². The van der Waals surface area contributed by atoms with Gasteiger partial charge in [0.1, 0.15) is 6.29 Å². The monoisotopic (exact) mass is 203 g/mol. The number of carbonyl (C=O) groups is 1. The van der Waals surface area contributed by atoms with E-state index in [4.69, 9.17) is 0 Å². The van der Waals surface area contributed by atoms with Crippen molar-refractivity contribution in [3.8, 4) is 0 Å². The molecule has 1 aliphatic carbocycles. The van der Waals surface area contributed by atoms with Gasteiger partial charge in [0.15, 0.2) is 0 Å². The number of rotatable bonds is 4.